The van der Waals surface area contributed by atoms with Gasteiger partial charge in [-0.1, -0.05) is 25.9 Å². The maximum Gasteiger partial charge on any atom is 0.258 e. The Bertz CT molecular complexity index is 618. The Morgan fingerprint density at radius 2 is 1.90 bits per heavy atom. The van der Waals surface area contributed by atoms with Crippen molar-refractivity contribution < 1.29 is 9.26 Å². The van der Waals surface area contributed by atoms with Gasteiger partial charge in [-0.2, -0.15) is 10.2 Å². The molecule has 0 radical (unpaired) electrons. The number of aromatic nitrogens is 2. The topological polar surface area (TPSA) is 71.9 Å². The molecule has 0 aliphatic carbocycles. The zero-order valence-corrected chi connectivity index (χ0v) is 12.0. The molecule has 0 bridgehead atoms. The van der Waals surface area contributed by atoms with Gasteiger partial charge >= 0.3 is 0 Å². The van der Waals surface area contributed by atoms with Gasteiger partial charge in [0.1, 0.15) is 6.10 Å². The summed E-state index contributed by atoms with van der Waals surface area (Å²) in [6, 6.07) is 9.08. The van der Waals surface area contributed by atoms with Gasteiger partial charge < -0.3 is 9.26 Å². The third-order valence-electron chi connectivity index (χ3n) is 2.96. The lowest BCUT2D eigenvalue weighted by atomic mass is 9.88. The molecular formula is C15H17N3O2. The molecule has 2 rings (SSSR count). The average molecular weight is 271 g/mol. The summed E-state index contributed by atoms with van der Waals surface area (Å²) in [5.41, 5.74) is 1.25. The summed E-state index contributed by atoms with van der Waals surface area (Å²) in [5.74, 6) is 0.954. The van der Waals surface area contributed by atoms with Crippen LogP contribution in [0.5, 0.6) is 0 Å². The second kappa shape index (κ2) is 5.43. The Morgan fingerprint density at radius 3 is 2.40 bits per heavy atom. The van der Waals surface area contributed by atoms with E-state index in [0.29, 0.717) is 17.3 Å². The number of methoxy groups -OCH3 is 1. The van der Waals surface area contributed by atoms with Crippen LogP contribution in [0.2, 0.25) is 0 Å². The van der Waals surface area contributed by atoms with Crippen molar-refractivity contribution >= 4 is 0 Å². The number of ether oxygens (including phenoxy) is 1. The van der Waals surface area contributed by atoms with Crippen LogP contribution < -0.4 is 0 Å². The monoisotopic (exact) mass is 271 g/mol. The van der Waals surface area contributed by atoms with E-state index in [1.165, 1.54) is 0 Å². The Hall–Kier alpha value is -2.19. The molecule has 1 heterocycles. The summed E-state index contributed by atoms with van der Waals surface area (Å²) in [6.07, 6.45) is -0.238. The van der Waals surface area contributed by atoms with Gasteiger partial charge in [0.2, 0.25) is 5.82 Å². The predicted octanol–water partition coefficient (Wildman–Crippen LogP) is 3.34. The minimum absolute atomic E-state index is 0.124. The molecule has 0 fully saturated rings. The van der Waals surface area contributed by atoms with Gasteiger partial charge in [0.25, 0.3) is 5.89 Å². The molecule has 1 atom stereocenters. The van der Waals surface area contributed by atoms with Gasteiger partial charge in [0.15, 0.2) is 0 Å². The van der Waals surface area contributed by atoms with Gasteiger partial charge in [-0.25, -0.2) is 0 Å². The molecule has 1 aromatic carbocycles. The maximum absolute atomic E-state index is 8.78. The summed E-state index contributed by atoms with van der Waals surface area (Å²) in [6.45, 7) is 6.16. The molecule has 1 aromatic heterocycles. The van der Waals surface area contributed by atoms with Crippen LogP contribution in [0.15, 0.2) is 28.8 Å². The fraction of sp³-hybridized carbons (Fsp3) is 0.400. The molecule has 0 amide bonds. The molecule has 0 aliphatic rings. The van der Waals surface area contributed by atoms with Crippen LogP contribution in [0.4, 0.5) is 0 Å². The van der Waals surface area contributed by atoms with Crippen molar-refractivity contribution in [1.82, 2.24) is 10.1 Å². The van der Waals surface area contributed by atoms with Crippen LogP contribution in [0.25, 0.3) is 11.5 Å². The first-order valence-corrected chi connectivity index (χ1v) is 6.32. The van der Waals surface area contributed by atoms with Crippen LogP contribution in [0.1, 0.15) is 38.3 Å². The molecule has 5 nitrogen and oxygen atoms in total. The summed E-state index contributed by atoms with van der Waals surface area (Å²) < 4.78 is 10.7. The van der Waals surface area contributed by atoms with Crippen LogP contribution in [-0.4, -0.2) is 17.3 Å². The highest BCUT2D eigenvalue weighted by atomic mass is 16.5. The van der Waals surface area contributed by atoms with E-state index in [1.54, 1.807) is 31.4 Å². The summed E-state index contributed by atoms with van der Waals surface area (Å²) in [7, 11) is 1.63. The average Bonchev–Trinajstić information content (AvgIpc) is 2.87. The lowest BCUT2D eigenvalue weighted by Crippen LogP contribution is -2.21. The summed E-state index contributed by atoms with van der Waals surface area (Å²) in [5, 5.41) is 12.8. The highest BCUT2D eigenvalue weighted by Gasteiger charge is 2.30. The van der Waals surface area contributed by atoms with E-state index in [9.17, 15) is 0 Å². The maximum atomic E-state index is 8.78. The largest absolute Gasteiger partial charge is 0.373 e. The molecule has 5 heteroatoms. The third-order valence-corrected chi connectivity index (χ3v) is 2.96. The number of hydrogen-bond donors (Lipinski definition) is 0. The molecule has 0 spiro atoms. The number of rotatable bonds is 3. The van der Waals surface area contributed by atoms with E-state index in [0.717, 1.165) is 5.56 Å². The number of nitriles is 1. The Morgan fingerprint density at radius 1 is 1.25 bits per heavy atom. The van der Waals surface area contributed by atoms with Crippen molar-refractivity contribution in [3.05, 3.63) is 35.7 Å². The highest BCUT2D eigenvalue weighted by molar-refractivity contribution is 5.54. The Labute approximate surface area is 118 Å². The van der Waals surface area contributed by atoms with E-state index >= 15 is 0 Å². The second-order valence-corrected chi connectivity index (χ2v) is 5.63. The minimum Gasteiger partial charge on any atom is -0.373 e. The van der Waals surface area contributed by atoms with Crippen molar-refractivity contribution in [2.24, 2.45) is 5.41 Å². The quantitative estimate of drug-likeness (QED) is 0.856. The van der Waals surface area contributed by atoms with Crippen molar-refractivity contribution in [3.8, 4) is 17.5 Å². The van der Waals surface area contributed by atoms with E-state index in [1.807, 2.05) is 0 Å². The molecule has 0 saturated carbocycles. The molecule has 0 saturated heterocycles. The molecular weight excluding hydrogens is 254 g/mol. The fourth-order valence-electron chi connectivity index (χ4n) is 1.99. The van der Waals surface area contributed by atoms with Crippen molar-refractivity contribution in [3.63, 3.8) is 0 Å². The number of hydrogen-bond acceptors (Lipinski definition) is 5. The first-order chi connectivity index (χ1) is 9.45. The van der Waals surface area contributed by atoms with Gasteiger partial charge in [-0.15, -0.1) is 0 Å². The first kappa shape index (κ1) is 14.2. The van der Waals surface area contributed by atoms with Crippen LogP contribution in [-0.2, 0) is 4.74 Å². The highest BCUT2D eigenvalue weighted by Crippen LogP contribution is 2.34. The molecule has 2 aromatic rings. The number of nitrogens with zero attached hydrogens (tertiary/aromatic N) is 3. The normalized spacial score (nSPS) is 12.9. The van der Waals surface area contributed by atoms with Gasteiger partial charge in [0, 0.05) is 12.7 Å². The zero-order valence-electron chi connectivity index (χ0n) is 12.0. The van der Waals surface area contributed by atoms with E-state index in [-0.39, 0.29) is 11.5 Å². The molecule has 0 N–H and O–H groups in total. The SMILES string of the molecule is COC(c1noc(-c2ccc(C#N)cc2)n1)C(C)(C)C. The third kappa shape index (κ3) is 2.86. The molecule has 20 heavy (non-hydrogen) atoms. The van der Waals surface area contributed by atoms with Gasteiger partial charge in [-0.3, -0.25) is 0 Å². The number of benzene rings is 1. The van der Waals surface area contributed by atoms with E-state index in [4.69, 9.17) is 14.5 Å². The second-order valence-electron chi connectivity index (χ2n) is 5.63. The van der Waals surface area contributed by atoms with Crippen molar-refractivity contribution in [2.75, 3.05) is 7.11 Å². The van der Waals surface area contributed by atoms with Crippen molar-refractivity contribution in [1.29, 1.82) is 5.26 Å². The summed E-state index contributed by atoms with van der Waals surface area (Å²) >= 11 is 0. The zero-order chi connectivity index (χ0) is 14.8. The van der Waals surface area contributed by atoms with E-state index in [2.05, 4.69) is 37.0 Å². The first-order valence-electron chi connectivity index (χ1n) is 6.32. The van der Waals surface area contributed by atoms with Crippen LogP contribution in [0.3, 0.4) is 0 Å². The summed E-state index contributed by atoms with van der Waals surface area (Å²) in [4.78, 5) is 4.39. The predicted molar refractivity (Wildman–Crippen MR) is 73.7 cm³/mol. The van der Waals surface area contributed by atoms with Crippen LogP contribution in [0, 0.1) is 16.7 Å². The molecule has 1 unspecified atom stereocenters. The van der Waals surface area contributed by atoms with Crippen LogP contribution >= 0.6 is 0 Å². The fourth-order valence-corrected chi connectivity index (χ4v) is 1.99. The molecule has 104 valence electrons. The van der Waals surface area contributed by atoms with E-state index < -0.39 is 0 Å². The van der Waals surface area contributed by atoms with Gasteiger partial charge in [0.05, 0.1) is 11.6 Å². The van der Waals surface area contributed by atoms with Gasteiger partial charge in [-0.05, 0) is 29.7 Å². The molecule has 0 aliphatic heterocycles. The smallest absolute Gasteiger partial charge is 0.258 e. The lowest BCUT2D eigenvalue weighted by molar-refractivity contribution is 0.00718. The lowest BCUT2D eigenvalue weighted by Gasteiger charge is -2.26. The standard InChI is InChI=1S/C15H17N3O2/c1-15(2,3)12(19-4)13-17-14(20-18-13)11-7-5-10(9-16)6-8-11/h5-8,12H,1-4H3. The minimum atomic E-state index is -0.238. The Balaban J connectivity index is 2.30. The Kier molecular flexibility index (Phi) is 3.86. The van der Waals surface area contributed by atoms with Crippen molar-refractivity contribution in [2.45, 2.75) is 26.9 Å².